The van der Waals surface area contributed by atoms with Crippen molar-refractivity contribution in [1.29, 1.82) is 0 Å². The van der Waals surface area contributed by atoms with Crippen LogP contribution in [0, 0.1) is 5.41 Å². The van der Waals surface area contributed by atoms with Gasteiger partial charge in [-0.1, -0.05) is 226 Å². The van der Waals surface area contributed by atoms with Crippen LogP contribution >= 0.6 is 0 Å². The Morgan fingerprint density at radius 3 is 1.07 bits per heavy atom. The Hall–Kier alpha value is -0.590. The highest BCUT2D eigenvalue weighted by Gasteiger charge is 2.35. The quantitative estimate of drug-likeness (QED) is 0.0629. The first kappa shape index (κ1) is 43.4. The van der Waals surface area contributed by atoms with Gasteiger partial charge in [-0.2, -0.15) is 0 Å². The SMILES string of the molecule is CCCCCCCCCCCCCC1=C(CCCCCCCCCCCC)C(=O)CC(C)(CCCCCCCCCCCCC)C1. The second kappa shape index (κ2) is 31.7. The van der Waals surface area contributed by atoms with Gasteiger partial charge in [0.1, 0.15) is 0 Å². The minimum absolute atomic E-state index is 0.213. The molecule has 1 unspecified atom stereocenters. The molecule has 0 fully saturated rings. The summed E-state index contributed by atoms with van der Waals surface area (Å²) in [5.74, 6) is 0.533. The van der Waals surface area contributed by atoms with Crippen molar-refractivity contribution < 1.29 is 4.79 Å². The summed E-state index contributed by atoms with van der Waals surface area (Å²) >= 11 is 0. The monoisotopic (exact) mass is 643 g/mol. The van der Waals surface area contributed by atoms with E-state index in [1.54, 1.807) is 5.57 Å². The fourth-order valence-corrected chi connectivity index (χ4v) is 8.12. The topological polar surface area (TPSA) is 17.1 Å². The normalized spacial score (nSPS) is 17.0. The summed E-state index contributed by atoms with van der Waals surface area (Å²) in [5, 5.41) is 0. The largest absolute Gasteiger partial charge is 0.295 e. The third-order valence-corrected chi connectivity index (χ3v) is 11.2. The summed E-state index contributed by atoms with van der Waals surface area (Å²) in [7, 11) is 0. The second-order valence-corrected chi connectivity index (χ2v) is 16.2. The van der Waals surface area contributed by atoms with E-state index in [1.807, 2.05) is 0 Å². The van der Waals surface area contributed by atoms with E-state index < -0.39 is 0 Å². The number of ketones is 1. The van der Waals surface area contributed by atoms with E-state index in [0.29, 0.717) is 5.78 Å². The Kier molecular flexibility index (Phi) is 29.9. The van der Waals surface area contributed by atoms with E-state index in [9.17, 15) is 4.79 Å². The first-order valence-electron chi connectivity index (χ1n) is 21.8. The van der Waals surface area contributed by atoms with Crippen LogP contribution in [0.2, 0.25) is 0 Å². The van der Waals surface area contributed by atoms with Gasteiger partial charge < -0.3 is 0 Å². The molecule has 0 radical (unpaired) electrons. The van der Waals surface area contributed by atoms with Crippen LogP contribution in [-0.4, -0.2) is 5.78 Å². The Balaban J connectivity index is 2.44. The molecule has 0 aromatic heterocycles. The standard InChI is InChI=1S/C45H86O/c1-5-8-11-14-17-20-23-25-28-31-34-37-42-40-45(4,39-36-33-30-27-24-21-18-15-12-9-6-2)41-44(46)43(42)38-35-32-29-26-22-19-16-13-10-7-3/h5-41H2,1-4H3. The maximum absolute atomic E-state index is 13.7. The van der Waals surface area contributed by atoms with Crippen molar-refractivity contribution >= 4 is 5.78 Å². The molecular weight excluding hydrogens is 556 g/mol. The highest BCUT2D eigenvalue weighted by atomic mass is 16.1. The van der Waals surface area contributed by atoms with E-state index in [1.165, 1.54) is 230 Å². The fraction of sp³-hybridized carbons (Fsp3) is 0.933. The Bertz CT molecular complexity index is 704. The molecule has 0 heterocycles. The van der Waals surface area contributed by atoms with Crippen molar-refractivity contribution in [2.45, 2.75) is 265 Å². The molecule has 46 heavy (non-hydrogen) atoms. The Morgan fingerprint density at radius 2 is 0.696 bits per heavy atom. The molecule has 0 saturated heterocycles. The zero-order valence-electron chi connectivity index (χ0n) is 32.6. The van der Waals surface area contributed by atoms with Crippen LogP contribution in [0.15, 0.2) is 11.1 Å². The minimum Gasteiger partial charge on any atom is -0.295 e. The molecule has 0 aromatic carbocycles. The van der Waals surface area contributed by atoms with Crippen molar-refractivity contribution in [1.82, 2.24) is 0 Å². The van der Waals surface area contributed by atoms with Gasteiger partial charge in [0.15, 0.2) is 5.78 Å². The summed E-state index contributed by atoms with van der Waals surface area (Å²) in [6, 6.07) is 0. The lowest BCUT2D eigenvalue weighted by atomic mass is 9.68. The van der Waals surface area contributed by atoms with Crippen LogP contribution in [0.1, 0.15) is 265 Å². The molecule has 0 spiro atoms. The molecule has 0 N–H and O–H groups in total. The zero-order valence-corrected chi connectivity index (χ0v) is 32.6. The molecule has 0 bridgehead atoms. The van der Waals surface area contributed by atoms with Gasteiger partial charge in [-0.25, -0.2) is 0 Å². The number of carbonyl (C=O) groups is 1. The van der Waals surface area contributed by atoms with E-state index in [-0.39, 0.29) is 5.41 Å². The summed E-state index contributed by atoms with van der Waals surface area (Å²) in [5.41, 5.74) is 3.10. The fourth-order valence-electron chi connectivity index (χ4n) is 8.12. The van der Waals surface area contributed by atoms with Crippen molar-refractivity contribution in [2.24, 2.45) is 5.41 Å². The minimum atomic E-state index is 0.213. The summed E-state index contributed by atoms with van der Waals surface area (Å²) in [4.78, 5) is 13.7. The van der Waals surface area contributed by atoms with Gasteiger partial charge in [-0.05, 0) is 49.5 Å². The molecule has 272 valence electrons. The van der Waals surface area contributed by atoms with E-state index >= 15 is 0 Å². The van der Waals surface area contributed by atoms with Gasteiger partial charge in [0.05, 0.1) is 0 Å². The van der Waals surface area contributed by atoms with Gasteiger partial charge in [-0.15, -0.1) is 0 Å². The zero-order chi connectivity index (χ0) is 33.4. The van der Waals surface area contributed by atoms with Crippen LogP contribution in [0.5, 0.6) is 0 Å². The summed E-state index contributed by atoms with van der Waals surface area (Å²) in [6.07, 6.45) is 50.1. The van der Waals surface area contributed by atoms with Crippen LogP contribution in [0.25, 0.3) is 0 Å². The van der Waals surface area contributed by atoms with Gasteiger partial charge >= 0.3 is 0 Å². The lowest BCUT2D eigenvalue weighted by Crippen LogP contribution is -2.28. The van der Waals surface area contributed by atoms with Crippen LogP contribution < -0.4 is 0 Å². The Labute approximate surface area is 291 Å². The molecule has 0 aliphatic heterocycles. The molecule has 0 aromatic rings. The average molecular weight is 643 g/mol. The van der Waals surface area contributed by atoms with Crippen molar-refractivity contribution in [3.63, 3.8) is 0 Å². The number of rotatable bonds is 35. The van der Waals surface area contributed by atoms with Crippen LogP contribution in [-0.2, 0) is 4.79 Å². The number of unbranched alkanes of at least 4 members (excludes halogenated alkanes) is 29. The molecule has 1 heteroatoms. The highest BCUT2D eigenvalue weighted by Crippen LogP contribution is 2.44. The number of hydrogen-bond acceptors (Lipinski definition) is 1. The molecule has 1 rings (SSSR count). The predicted octanol–water partition coefficient (Wildman–Crippen LogP) is 16.4. The third-order valence-electron chi connectivity index (χ3n) is 11.2. The number of allylic oxidation sites excluding steroid dienone is 2. The average Bonchev–Trinajstić information content (AvgIpc) is 3.04. The van der Waals surface area contributed by atoms with Crippen LogP contribution in [0.3, 0.4) is 0 Å². The second-order valence-electron chi connectivity index (χ2n) is 16.2. The summed E-state index contributed by atoms with van der Waals surface area (Å²) < 4.78 is 0. The molecule has 1 nitrogen and oxygen atoms in total. The molecule has 0 amide bonds. The molecule has 1 atom stereocenters. The van der Waals surface area contributed by atoms with Gasteiger partial charge in [0.2, 0.25) is 0 Å². The van der Waals surface area contributed by atoms with Crippen molar-refractivity contribution in [2.75, 3.05) is 0 Å². The Morgan fingerprint density at radius 1 is 0.391 bits per heavy atom. The smallest absolute Gasteiger partial charge is 0.159 e. The highest BCUT2D eigenvalue weighted by molar-refractivity contribution is 5.97. The molecule has 1 aliphatic carbocycles. The van der Waals surface area contributed by atoms with E-state index in [4.69, 9.17) is 0 Å². The number of Topliss-reactive ketones (excluding diaryl/α,β-unsaturated/α-hetero) is 1. The molecule has 0 saturated carbocycles. The van der Waals surface area contributed by atoms with E-state index in [0.717, 1.165) is 12.8 Å². The first-order chi connectivity index (χ1) is 22.6. The van der Waals surface area contributed by atoms with Crippen LogP contribution in [0.4, 0.5) is 0 Å². The lowest BCUT2D eigenvalue weighted by Gasteiger charge is -2.36. The molecule has 1 aliphatic rings. The van der Waals surface area contributed by atoms with Gasteiger partial charge in [-0.3, -0.25) is 4.79 Å². The van der Waals surface area contributed by atoms with Crippen molar-refractivity contribution in [3.8, 4) is 0 Å². The maximum atomic E-state index is 13.7. The van der Waals surface area contributed by atoms with Crippen molar-refractivity contribution in [3.05, 3.63) is 11.1 Å². The maximum Gasteiger partial charge on any atom is 0.159 e. The first-order valence-corrected chi connectivity index (χ1v) is 21.8. The molecular formula is C45H86O. The summed E-state index contributed by atoms with van der Waals surface area (Å²) in [6.45, 7) is 9.37. The van der Waals surface area contributed by atoms with Gasteiger partial charge in [0.25, 0.3) is 0 Å². The van der Waals surface area contributed by atoms with E-state index in [2.05, 4.69) is 27.7 Å². The lowest BCUT2D eigenvalue weighted by molar-refractivity contribution is -0.118. The number of hydrogen-bond donors (Lipinski definition) is 0. The predicted molar refractivity (Wildman–Crippen MR) is 208 cm³/mol. The third kappa shape index (κ3) is 24.5. The van der Waals surface area contributed by atoms with Gasteiger partial charge in [0, 0.05) is 6.42 Å². The number of carbonyl (C=O) groups excluding carboxylic acids is 1.